The summed E-state index contributed by atoms with van der Waals surface area (Å²) in [5.41, 5.74) is 6.44. The van der Waals surface area contributed by atoms with Gasteiger partial charge < -0.3 is 20.7 Å². The third kappa shape index (κ3) is 3.97. The first kappa shape index (κ1) is 20.1. The monoisotopic (exact) mass is 403 g/mol. The van der Waals surface area contributed by atoms with E-state index in [1.807, 2.05) is 0 Å². The fourth-order valence-electron chi connectivity index (χ4n) is 2.75. The largest absolute Gasteiger partial charge is 0.474 e. The molecule has 4 N–H and O–H groups in total. The lowest BCUT2D eigenvalue weighted by Gasteiger charge is -2.20. The van der Waals surface area contributed by atoms with Gasteiger partial charge in [0.2, 0.25) is 0 Å². The van der Waals surface area contributed by atoms with Crippen molar-refractivity contribution in [3.8, 4) is 0 Å². The van der Waals surface area contributed by atoms with E-state index in [4.69, 9.17) is 24.0 Å². The third-order valence-electron chi connectivity index (χ3n) is 3.97. The van der Waals surface area contributed by atoms with Gasteiger partial charge in [0.15, 0.2) is 17.7 Å². The van der Waals surface area contributed by atoms with Gasteiger partial charge in [-0.3, -0.25) is 18.1 Å². The lowest BCUT2D eigenvalue weighted by Crippen LogP contribution is -2.33. The highest BCUT2D eigenvalue weighted by Gasteiger charge is 2.45. The van der Waals surface area contributed by atoms with Crippen LogP contribution in [-0.2, 0) is 22.9 Å². The van der Waals surface area contributed by atoms with Gasteiger partial charge in [0.25, 0.3) is 0 Å². The number of ether oxygens (including phenoxy) is 1. The van der Waals surface area contributed by atoms with E-state index in [2.05, 4.69) is 15.0 Å². The summed E-state index contributed by atoms with van der Waals surface area (Å²) in [6.07, 6.45) is -1.93. The van der Waals surface area contributed by atoms with Crippen molar-refractivity contribution < 1.29 is 33.1 Å². The average molecular weight is 403 g/mol. The molecule has 1 saturated heterocycles. The lowest BCUT2D eigenvalue weighted by atomic mass is 10.1. The minimum absolute atomic E-state index is 0.124. The van der Waals surface area contributed by atoms with Gasteiger partial charge in [-0.05, 0) is 13.8 Å². The highest BCUT2D eigenvalue weighted by atomic mass is 31.2. The molecule has 0 unspecified atom stereocenters. The molecule has 1 aliphatic rings. The number of nitrogens with two attached hydrogens (primary N) is 1. The van der Waals surface area contributed by atoms with Gasteiger partial charge in [-0.1, -0.05) is 0 Å². The summed E-state index contributed by atoms with van der Waals surface area (Å²) >= 11 is 0. The van der Waals surface area contributed by atoms with Crippen molar-refractivity contribution in [2.75, 3.05) is 25.6 Å². The van der Waals surface area contributed by atoms with Crippen molar-refractivity contribution in [3.63, 3.8) is 0 Å². The molecular weight excluding hydrogens is 381 g/mol. The van der Waals surface area contributed by atoms with E-state index >= 15 is 0 Å². The van der Waals surface area contributed by atoms with Crippen LogP contribution in [-0.4, -0.2) is 67.9 Å². The molecule has 0 saturated carbocycles. The molecule has 0 spiro atoms. The number of hydrogen-bond acceptors (Lipinski definition) is 11. The molecular formula is C14H22N5O7P. The topological polar surface area (TPSA) is 164 Å². The Morgan fingerprint density at radius 2 is 1.89 bits per heavy atom. The number of aliphatic hydroxyl groups is 2. The number of aliphatic hydroxyl groups excluding tert-OH is 2. The molecule has 12 nitrogen and oxygen atoms in total. The SMILES string of the molecule is CCOP(=O)(OCC)OC[C@@H]1O[C@@H](n2cnc3c(N)ncnc32)[C@@H](O)[C@@H]1O. The second kappa shape index (κ2) is 8.15. The van der Waals surface area contributed by atoms with E-state index < -0.39 is 32.4 Å². The van der Waals surface area contributed by atoms with Crippen molar-refractivity contribution >= 4 is 24.8 Å². The maximum Gasteiger partial charge on any atom is 0.474 e. The summed E-state index contributed by atoms with van der Waals surface area (Å²) in [7, 11) is -3.77. The Kier molecular flexibility index (Phi) is 6.06. The smallest absolute Gasteiger partial charge is 0.387 e. The lowest BCUT2D eigenvalue weighted by molar-refractivity contribution is -0.0524. The molecule has 27 heavy (non-hydrogen) atoms. The van der Waals surface area contributed by atoms with Crippen LogP contribution in [0.5, 0.6) is 0 Å². The Morgan fingerprint density at radius 1 is 1.19 bits per heavy atom. The Morgan fingerprint density at radius 3 is 2.56 bits per heavy atom. The zero-order valence-corrected chi connectivity index (χ0v) is 15.7. The predicted octanol–water partition coefficient (Wildman–Crippen LogP) is 0.225. The molecule has 3 heterocycles. The number of hydrogen-bond donors (Lipinski definition) is 3. The molecule has 0 bridgehead atoms. The first-order valence-corrected chi connectivity index (χ1v) is 9.84. The van der Waals surface area contributed by atoms with Crippen LogP contribution in [0.2, 0.25) is 0 Å². The van der Waals surface area contributed by atoms with Gasteiger partial charge in [0, 0.05) is 0 Å². The fraction of sp³-hybridized carbons (Fsp3) is 0.643. The number of nitrogen functional groups attached to an aromatic ring is 1. The molecule has 0 aliphatic carbocycles. The van der Waals surface area contributed by atoms with Crippen LogP contribution in [0, 0.1) is 0 Å². The standard InChI is InChI=1S/C14H22N5O7P/c1-3-23-27(22,24-4-2)25-5-8-10(20)11(21)14(26-8)19-7-18-9-12(15)16-6-17-13(9)19/h6-8,10-11,14,20-21H,3-5H2,1-2H3,(H2,15,16,17)/t8-,10+,11-,14+/m0/s1. The minimum Gasteiger partial charge on any atom is -0.387 e. The molecule has 3 rings (SSSR count). The molecule has 0 amide bonds. The van der Waals surface area contributed by atoms with Gasteiger partial charge >= 0.3 is 7.82 Å². The van der Waals surface area contributed by atoms with E-state index in [0.717, 1.165) is 0 Å². The van der Waals surface area contributed by atoms with Crippen molar-refractivity contribution in [1.29, 1.82) is 0 Å². The molecule has 150 valence electrons. The van der Waals surface area contributed by atoms with Crippen LogP contribution in [0.1, 0.15) is 20.1 Å². The van der Waals surface area contributed by atoms with Crippen molar-refractivity contribution in [1.82, 2.24) is 19.5 Å². The molecule has 2 aromatic heterocycles. The number of aromatic nitrogens is 4. The Labute approximate surface area is 154 Å². The number of nitrogens with zero attached hydrogens (tertiary/aromatic N) is 4. The van der Waals surface area contributed by atoms with E-state index in [1.54, 1.807) is 13.8 Å². The number of fused-ring (bicyclic) bond motifs is 1. The maximum absolute atomic E-state index is 12.4. The van der Waals surface area contributed by atoms with E-state index in [1.165, 1.54) is 17.2 Å². The zero-order chi connectivity index (χ0) is 19.6. The van der Waals surface area contributed by atoms with Crippen LogP contribution < -0.4 is 5.73 Å². The van der Waals surface area contributed by atoms with E-state index in [-0.39, 0.29) is 25.6 Å². The number of anilines is 1. The van der Waals surface area contributed by atoms with Gasteiger partial charge in [0.1, 0.15) is 30.2 Å². The Bertz CT molecular complexity index is 823. The third-order valence-corrected chi connectivity index (χ3v) is 5.58. The van der Waals surface area contributed by atoms with Crippen LogP contribution in [0.15, 0.2) is 12.7 Å². The summed E-state index contributed by atoms with van der Waals surface area (Å²) in [5.74, 6) is 0.182. The summed E-state index contributed by atoms with van der Waals surface area (Å²) < 4.78 is 34.8. The number of rotatable bonds is 8. The van der Waals surface area contributed by atoms with Gasteiger partial charge in [-0.15, -0.1) is 0 Å². The van der Waals surface area contributed by atoms with Crippen LogP contribution in [0.4, 0.5) is 5.82 Å². The quantitative estimate of drug-likeness (QED) is 0.517. The zero-order valence-electron chi connectivity index (χ0n) is 14.8. The summed E-state index contributed by atoms with van der Waals surface area (Å²) in [5, 5.41) is 20.7. The molecule has 1 aliphatic heterocycles. The normalized spacial score (nSPS) is 26.1. The Balaban J connectivity index is 1.75. The second-order valence-corrected chi connectivity index (χ2v) is 7.38. The summed E-state index contributed by atoms with van der Waals surface area (Å²) in [4.78, 5) is 12.0. The van der Waals surface area contributed by atoms with Crippen LogP contribution in [0.3, 0.4) is 0 Å². The highest BCUT2D eigenvalue weighted by Crippen LogP contribution is 2.49. The summed E-state index contributed by atoms with van der Waals surface area (Å²) in [6, 6.07) is 0. The number of phosphoric acid groups is 1. The van der Waals surface area contributed by atoms with Gasteiger partial charge in [-0.25, -0.2) is 19.5 Å². The first-order chi connectivity index (χ1) is 12.9. The first-order valence-electron chi connectivity index (χ1n) is 8.38. The number of imidazole rings is 1. The number of phosphoric ester groups is 1. The molecule has 1 fully saturated rings. The molecule has 0 aromatic carbocycles. The van der Waals surface area contributed by atoms with E-state index in [9.17, 15) is 14.8 Å². The van der Waals surface area contributed by atoms with Crippen molar-refractivity contribution in [2.24, 2.45) is 0 Å². The second-order valence-electron chi connectivity index (χ2n) is 5.71. The van der Waals surface area contributed by atoms with E-state index in [0.29, 0.717) is 11.2 Å². The van der Waals surface area contributed by atoms with Gasteiger partial charge in [0.05, 0.1) is 26.1 Å². The summed E-state index contributed by atoms with van der Waals surface area (Å²) in [6.45, 7) is 3.23. The van der Waals surface area contributed by atoms with Gasteiger partial charge in [-0.2, -0.15) is 0 Å². The average Bonchev–Trinajstić information content (AvgIpc) is 3.17. The minimum atomic E-state index is -3.77. The molecule has 13 heteroatoms. The molecule has 2 aromatic rings. The van der Waals surface area contributed by atoms with Crippen molar-refractivity contribution in [2.45, 2.75) is 38.4 Å². The Hall–Kier alpha value is -1.66. The van der Waals surface area contributed by atoms with Crippen molar-refractivity contribution in [3.05, 3.63) is 12.7 Å². The van der Waals surface area contributed by atoms with Crippen LogP contribution >= 0.6 is 7.82 Å². The highest BCUT2D eigenvalue weighted by molar-refractivity contribution is 7.48. The van der Waals surface area contributed by atoms with Crippen LogP contribution in [0.25, 0.3) is 11.2 Å². The fourth-order valence-corrected chi connectivity index (χ4v) is 3.93. The predicted molar refractivity (Wildman–Crippen MR) is 92.5 cm³/mol. The molecule has 4 atom stereocenters. The molecule has 0 radical (unpaired) electrons. The maximum atomic E-state index is 12.4.